The van der Waals surface area contributed by atoms with Crippen LogP contribution in [0, 0.1) is 0 Å². The lowest BCUT2D eigenvalue weighted by atomic mass is 9.95. The third-order valence-electron chi connectivity index (χ3n) is 4.03. The maximum atomic E-state index is 12.1. The molecule has 1 aliphatic carbocycles. The van der Waals surface area contributed by atoms with Gasteiger partial charge in [-0.3, -0.25) is 9.10 Å². The first-order valence-electron chi connectivity index (χ1n) is 7.89. The van der Waals surface area contributed by atoms with Crippen molar-refractivity contribution in [3.63, 3.8) is 0 Å². The molecule has 128 valence electrons. The number of sulfonamides is 1. The van der Waals surface area contributed by atoms with E-state index in [1.54, 1.807) is 24.3 Å². The third kappa shape index (κ3) is 5.70. The molecule has 0 bridgehead atoms. The lowest BCUT2D eigenvalue weighted by Crippen LogP contribution is -2.39. The molecular weight excluding hydrogens is 336 g/mol. The van der Waals surface area contributed by atoms with E-state index in [1.807, 2.05) is 0 Å². The lowest BCUT2D eigenvalue weighted by Gasteiger charge is -2.25. The molecule has 0 spiro atoms. The molecule has 0 heterocycles. The highest BCUT2D eigenvalue weighted by Gasteiger charge is 2.20. The van der Waals surface area contributed by atoms with Gasteiger partial charge >= 0.3 is 0 Å². The van der Waals surface area contributed by atoms with Crippen LogP contribution in [0.1, 0.15) is 38.5 Å². The van der Waals surface area contributed by atoms with Crippen LogP contribution in [0.15, 0.2) is 24.3 Å². The van der Waals surface area contributed by atoms with E-state index < -0.39 is 10.0 Å². The number of nitrogens with zero attached hydrogens (tertiary/aromatic N) is 1. The average Bonchev–Trinajstić information content (AvgIpc) is 2.49. The predicted octanol–water partition coefficient (Wildman–Crippen LogP) is 2.95. The second kappa shape index (κ2) is 8.02. The summed E-state index contributed by atoms with van der Waals surface area (Å²) in [6.45, 7) is 0.124. The van der Waals surface area contributed by atoms with Gasteiger partial charge in [-0.05, 0) is 37.1 Å². The van der Waals surface area contributed by atoms with E-state index in [0.717, 1.165) is 31.9 Å². The molecule has 0 atom stereocenters. The van der Waals surface area contributed by atoms with Gasteiger partial charge in [0.05, 0.1) is 11.9 Å². The molecule has 5 nitrogen and oxygen atoms in total. The van der Waals surface area contributed by atoms with E-state index in [-0.39, 0.29) is 24.9 Å². The molecule has 0 aromatic heterocycles. The van der Waals surface area contributed by atoms with Crippen molar-refractivity contribution in [1.82, 2.24) is 5.32 Å². The molecule has 1 aromatic rings. The smallest absolute Gasteiger partial charge is 0.232 e. The van der Waals surface area contributed by atoms with Crippen molar-refractivity contribution < 1.29 is 13.2 Å². The number of nitrogens with one attached hydrogen (secondary N) is 1. The minimum absolute atomic E-state index is 0.0977. The van der Waals surface area contributed by atoms with Crippen molar-refractivity contribution in [3.8, 4) is 0 Å². The molecule has 1 fully saturated rings. The monoisotopic (exact) mass is 358 g/mol. The standard InChI is InChI=1S/C16H23ClN2O3S/c1-23(21,22)19(15-9-7-13(17)8-10-15)12-11-16(20)18-14-5-3-2-4-6-14/h7-10,14H,2-6,11-12H2,1H3,(H,18,20). The molecule has 0 radical (unpaired) electrons. The number of amides is 1. The van der Waals surface area contributed by atoms with Crippen LogP contribution in [-0.2, 0) is 14.8 Å². The Hall–Kier alpha value is -1.27. The average molecular weight is 359 g/mol. The van der Waals surface area contributed by atoms with Gasteiger partial charge in [-0.1, -0.05) is 30.9 Å². The quantitative estimate of drug-likeness (QED) is 0.850. The van der Waals surface area contributed by atoms with Crippen LogP contribution in [0.25, 0.3) is 0 Å². The normalized spacial score (nSPS) is 16.1. The molecular formula is C16H23ClN2O3S. The highest BCUT2D eigenvalue weighted by Crippen LogP contribution is 2.21. The Morgan fingerprint density at radius 1 is 1.22 bits per heavy atom. The zero-order valence-electron chi connectivity index (χ0n) is 13.3. The Labute approximate surface area is 143 Å². The van der Waals surface area contributed by atoms with Crippen LogP contribution in [0.3, 0.4) is 0 Å². The van der Waals surface area contributed by atoms with E-state index in [2.05, 4.69) is 5.32 Å². The Morgan fingerprint density at radius 3 is 2.39 bits per heavy atom. The molecule has 1 amide bonds. The van der Waals surface area contributed by atoms with Crippen molar-refractivity contribution >= 4 is 33.2 Å². The van der Waals surface area contributed by atoms with Gasteiger partial charge in [0.1, 0.15) is 0 Å². The summed E-state index contributed by atoms with van der Waals surface area (Å²) < 4.78 is 25.2. The van der Waals surface area contributed by atoms with Gasteiger partial charge in [0.15, 0.2) is 0 Å². The van der Waals surface area contributed by atoms with Crippen molar-refractivity contribution in [1.29, 1.82) is 0 Å². The summed E-state index contributed by atoms with van der Waals surface area (Å²) >= 11 is 5.83. The van der Waals surface area contributed by atoms with Gasteiger partial charge < -0.3 is 5.32 Å². The van der Waals surface area contributed by atoms with Crippen LogP contribution in [0.4, 0.5) is 5.69 Å². The number of hydrogen-bond acceptors (Lipinski definition) is 3. The number of benzene rings is 1. The topological polar surface area (TPSA) is 66.5 Å². The first-order chi connectivity index (χ1) is 10.9. The number of rotatable bonds is 6. The van der Waals surface area contributed by atoms with E-state index in [0.29, 0.717) is 10.7 Å². The zero-order chi connectivity index (χ0) is 16.9. The number of carbonyl (C=O) groups excluding carboxylic acids is 1. The van der Waals surface area contributed by atoms with Crippen LogP contribution in [0.5, 0.6) is 0 Å². The fraction of sp³-hybridized carbons (Fsp3) is 0.562. The van der Waals surface area contributed by atoms with E-state index in [9.17, 15) is 13.2 Å². The van der Waals surface area contributed by atoms with Crippen LogP contribution in [-0.4, -0.2) is 33.2 Å². The van der Waals surface area contributed by atoms with Gasteiger partial charge in [-0.2, -0.15) is 0 Å². The molecule has 0 saturated heterocycles. The van der Waals surface area contributed by atoms with Crippen molar-refractivity contribution in [3.05, 3.63) is 29.3 Å². The highest BCUT2D eigenvalue weighted by atomic mass is 35.5. The van der Waals surface area contributed by atoms with Crippen molar-refractivity contribution in [2.24, 2.45) is 0 Å². The first-order valence-corrected chi connectivity index (χ1v) is 10.1. The second-order valence-electron chi connectivity index (χ2n) is 5.96. The Balaban J connectivity index is 1.95. The molecule has 1 N–H and O–H groups in total. The molecule has 1 aliphatic rings. The minimum Gasteiger partial charge on any atom is -0.353 e. The van der Waals surface area contributed by atoms with Gasteiger partial charge in [-0.15, -0.1) is 0 Å². The van der Waals surface area contributed by atoms with Gasteiger partial charge in [0.25, 0.3) is 0 Å². The Bertz CT molecular complexity index is 625. The largest absolute Gasteiger partial charge is 0.353 e. The van der Waals surface area contributed by atoms with Crippen LogP contribution in [0.2, 0.25) is 5.02 Å². The summed E-state index contributed by atoms with van der Waals surface area (Å²) in [6, 6.07) is 6.79. The number of hydrogen-bond donors (Lipinski definition) is 1. The SMILES string of the molecule is CS(=O)(=O)N(CCC(=O)NC1CCCCC1)c1ccc(Cl)cc1. The molecule has 7 heteroatoms. The molecule has 23 heavy (non-hydrogen) atoms. The summed E-state index contributed by atoms with van der Waals surface area (Å²) in [5.41, 5.74) is 0.516. The first kappa shape index (κ1) is 18.1. The second-order valence-corrected chi connectivity index (χ2v) is 8.31. The Morgan fingerprint density at radius 2 is 1.83 bits per heavy atom. The molecule has 0 aliphatic heterocycles. The van der Waals surface area contributed by atoms with Gasteiger partial charge in [0, 0.05) is 24.0 Å². The lowest BCUT2D eigenvalue weighted by molar-refractivity contribution is -0.121. The maximum Gasteiger partial charge on any atom is 0.232 e. The summed E-state index contributed by atoms with van der Waals surface area (Å²) in [5.74, 6) is -0.0977. The van der Waals surface area contributed by atoms with Crippen LogP contribution < -0.4 is 9.62 Å². The molecule has 2 rings (SSSR count). The summed E-state index contributed by atoms with van der Waals surface area (Å²) in [5, 5.41) is 3.54. The van der Waals surface area contributed by atoms with Crippen molar-refractivity contribution in [2.45, 2.75) is 44.6 Å². The van der Waals surface area contributed by atoms with E-state index >= 15 is 0 Å². The predicted molar refractivity (Wildman–Crippen MR) is 93.3 cm³/mol. The van der Waals surface area contributed by atoms with Gasteiger partial charge in [-0.25, -0.2) is 8.42 Å². The number of anilines is 1. The van der Waals surface area contributed by atoms with Gasteiger partial charge in [0.2, 0.25) is 15.9 Å². The fourth-order valence-electron chi connectivity index (χ4n) is 2.84. The number of halogens is 1. The highest BCUT2D eigenvalue weighted by molar-refractivity contribution is 7.92. The zero-order valence-corrected chi connectivity index (χ0v) is 14.9. The summed E-state index contributed by atoms with van der Waals surface area (Å²) in [6.07, 6.45) is 6.82. The minimum atomic E-state index is -3.45. The fourth-order valence-corrected chi connectivity index (χ4v) is 3.90. The number of carbonyl (C=O) groups is 1. The molecule has 1 saturated carbocycles. The Kier molecular flexibility index (Phi) is 6.30. The third-order valence-corrected chi connectivity index (χ3v) is 5.47. The van der Waals surface area contributed by atoms with Crippen molar-refractivity contribution in [2.75, 3.05) is 17.1 Å². The summed E-state index contributed by atoms with van der Waals surface area (Å²) in [7, 11) is -3.45. The van der Waals surface area contributed by atoms with E-state index in [4.69, 9.17) is 11.6 Å². The molecule has 0 unspecified atom stereocenters. The van der Waals surface area contributed by atoms with Crippen LogP contribution >= 0.6 is 11.6 Å². The summed E-state index contributed by atoms with van der Waals surface area (Å²) in [4.78, 5) is 12.1. The van der Waals surface area contributed by atoms with E-state index in [1.165, 1.54) is 10.7 Å². The molecule has 1 aromatic carbocycles. The maximum absolute atomic E-state index is 12.1.